The Kier molecular flexibility index (Phi) is 5.29. The third kappa shape index (κ3) is 3.33. The maximum Gasteiger partial charge on any atom is 0.171 e. The van der Waals surface area contributed by atoms with Gasteiger partial charge in [0, 0.05) is 11.8 Å². The summed E-state index contributed by atoms with van der Waals surface area (Å²) in [5.41, 5.74) is -1.19. The molecule has 0 aromatic carbocycles. The molecule has 118 valence electrons. The third-order valence-electron chi connectivity index (χ3n) is 4.71. The van der Waals surface area contributed by atoms with Crippen LogP contribution in [0.2, 0.25) is 0 Å². The van der Waals surface area contributed by atoms with Gasteiger partial charge in [-0.2, -0.15) is 0 Å². The van der Waals surface area contributed by atoms with Crippen LogP contribution in [-0.2, 0) is 19.1 Å². The smallest absolute Gasteiger partial charge is 0.171 e. The number of carbonyl (C=O) groups is 2. The number of hydrogen-bond donors (Lipinski definition) is 0. The van der Waals surface area contributed by atoms with Crippen LogP contribution in [0.15, 0.2) is 25.3 Å². The summed E-state index contributed by atoms with van der Waals surface area (Å²) in [6.07, 6.45) is 3.54. The maximum atomic E-state index is 12.1. The van der Waals surface area contributed by atoms with Crippen molar-refractivity contribution in [1.82, 2.24) is 0 Å². The molecule has 0 aromatic rings. The van der Waals surface area contributed by atoms with Gasteiger partial charge in [-0.3, -0.25) is 9.59 Å². The molecule has 0 saturated carbocycles. The van der Waals surface area contributed by atoms with Gasteiger partial charge in [0.15, 0.2) is 17.4 Å². The number of allylic oxidation sites excluding steroid dienone is 2. The van der Waals surface area contributed by atoms with Crippen molar-refractivity contribution < 1.29 is 19.1 Å². The van der Waals surface area contributed by atoms with E-state index in [9.17, 15) is 9.59 Å². The van der Waals surface area contributed by atoms with Gasteiger partial charge in [-0.15, -0.1) is 0 Å². The van der Waals surface area contributed by atoms with Crippen LogP contribution in [0.1, 0.15) is 40.5 Å². The third-order valence-corrected chi connectivity index (χ3v) is 4.71. The fourth-order valence-corrected chi connectivity index (χ4v) is 2.43. The first-order valence-electron chi connectivity index (χ1n) is 7.26. The molecule has 4 heteroatoms. The first kappa shape index (κ1) is 17.8. The van der Waals surface area contributed by atoms with Gasteiger partial charge in [0.25, 0.3) is 0 Å². The minimum absolute atomic E-state index is 0.0529. The van der Waals surface area contributed by atoms with Crippen LogP contribution in [0.4, 0.5) is 0 Å². The Morgan fingerprint density at radius 2 is 1.71 bits per heavy atom. The Bertz CT molecular complexity index is 440. The molecule has 1 rings (SSSR count). The van der Waals surface area contributed by atoms with Gasteiger partial charge in [0.1, 0.15) is 0 Å². The summed E-state index contributed by atoms with van der Waals surface area (Å²) in [5, 5.41) is 0. The van der Waals surface area contributed by atoms with Crippen molar-refractivity contribution in [2.24, 2.45) is 10.8 Å². The normalized spacial score (nSPS) is 29.7. The highest BCUT2D eigenvalue weighted by Gasteiger charge is 2.52. The predicted molar refractivity (Wildman–Crippen MR) is 81.8 cm³/mol. The van der Waals surface area contributed by atoms with Crippen LogP contribution in [0, 0.1) is 10.8 Å². The molecule has 1 saturated heterocycles. The summed E-state index contributed by atoms with van der Waals surface area (Å²) in [5.74, 6) is -1.03. The minimum Gasteiger partial charge on any atom is -0.348 e. The summed E-state index contributed by atoms with van der Waals surface area (Å²) >= 11 is 0. The molecule has 4 nitrogen and oxygen atoms in total. The number of hydrogen-bond acceptors (Lipinski definition) is 4. The van der Waals surface area contributed by atoms with E-state index in [-0.39, 0.29) is 31.2 Å². The lowest BCUT2D eigenvalue weighted by molar-refractivity contribution is -0.331. The minimum atomic E-state index is -0.911. The van der Waals surface area contributed by atoms with E-state index in [0.29, 0.717) is 6.42 Å². The van der Waals surface area contributed by atoms with Crippen molar-refractivity contribution >= 4 is 11.6 Å². The highest BCUT2D eigenvalue weighted by Crippen LogP contribution is 2.44. The first-order chi connectivity index (χ1) is 9.66. The van der Waals surface area contributed by atoms with Crippen LogP contribution in [0.25, 0.3) is 0 Å². The van der Waals surface area contributed by atoms with Crippen molar-refractivity contribution in [3.8, 4) is 0 Å². The number of ether oxygens (including phenoxy) is 2. The molecule has 0 atom stereocenters. The van der Waals surface area contributed by atoms with Crippen LogP contribution in [-0.4, -0.2) is 30.6 Å². The molecule has 1 aliphatic rings. The molecule has 0 N–H and O–H groups in total. The van der Waals surface area contributed by atoms with Crippen molar-refractivity contribution in [2.75, 3.05) is 13.2 Å². The van der Waals surface area contributed by atoms with Gasteiger partial charge >= 0.3 is 0 Å². The monoisotopic (exact) mass is 294 g/mol. The zero-order chi connectivity index (χ0) is 16.3. The van der Waals surface area contributed by atoms with Crippen LogP contribution < -0.4 is 0 Å². The molecule has 0 aliphatic carbocycles. The van der Waals surface area contributed by atoms with Crippen molar-refractivity contribution in [3.63, 3.8) is 0 Å². The largest absolute Gasteiger partial charge is 0.348 e. The van der Waals surface area contributed by atoms with Gasteiger partial charge in [-0.25, -0.2) is 0 Å². The van der Waals surface area contributed by atoms with Gasteiger partial charge in [0.2, 0.25) is 0 Å². The van der Waals surface area contributed by atoms with E-state index < -0.39 is 16.6 Å². The van der Waals surface area contributed by atoms with E-state index in [1.165, 1.54) is 12.2 Å². The average Bonchev–Trinajstić information content (AvgIpc) is 2.47. The molecule has 0 amide bonds. The van der Waals surface area contributed by atoms with Crippen LogP contribution in [0.3, 0.4) is 0 Å². The lowest BCUT2D eigenvalue weighted by atomic mass is 9.76. The zero-order valence-corrected chi connectivity index (χ0v) is 13.5. The SMILES string of the molecule is C=CC(=O)CC(C)(C)C1(C)OCC(CC)(C(=O)C=C)CO1. The van der Waals surface area contributed by atoms with Gasteiger partial charge in [-0.05, 0) is 25.5 Å². The summed E-state index contributed by atoms with van der Waals surface area (Å²) in [4.78, 5) is 23.7. The number of carbonyl (C=O) groups excluding carboxylic acids is 2. The van der Waals surface area contributed by atoms with Crippen LogP contribution in [0.5, 0.6) is 0 Å². The Morgan fingerprint density at radius 3 is 2.10 bits per heavy atom. The topological polar surface area (TPSA) is 52.6 Å². The summed E-state index contributed by atoms with van der Waals surface area (Å²) in [6.45, 7) is 15.2. The second-order valence-corrected chi connectivity index (χ2v) is 6.46. The quantitative estimate of drug-likeness (QED) is 0.677. The van der Waals surface area contributed by atoms with E-state index in [1.807, 2.05) is 27.7 Å². The number of ketones is 2. The molecule has 0 radical (unpaired) electrons. The summed E-state index contributed by atoms with van der Waals surface area (Å²) < 4.78 is 11.9. The molecular formula is C17H26O4. The van der Waals surface area contributed by atoms with Crippen molar-refractivity contribution in [2.45, 2.75) is 46.3 Å². The van der Waals surface area contributed by atoms with Gasteiger partial charge in [0.05, 0.1) is 18.6 Å². The lowest BCUT2D eigenvalue weighted by Gasteiger charge is -2.50. The Balaban J connectivity index is 2.90. The molecule has 0 aromatic heterocycles. The fourth-order valence-electron chi connectivity index (χ4n) is 2.43. The van der Waals surface area contributed by atoms with Crippen molar-refractivity contribution in [1.29, 1.82) is 0 Å². The Hall–Kier alpha value is -1.26. The molecule has 0 bridgehead atoms. The van der Waals surface area contributed by atoms with Gasteiger partial charge in [-0.1, -0.05) is 33.9 Å². The summed E-state index contributed by atoms with van der Waals surface area (Å²) in [7, 11) is 0. The molecule has 1 aliphatic heterocycles. The van der Waals surface area contributed by atoms with E-state index in [1.54, 1.807) is 0 Å². The highest BCUT2D eigenvalue weighted by atomic mass is 16.7. The molecule has 21 heavy (non-hydrogen) atoms. The predicted octanol–water partition coefficient (Wildman–Crippen LogP) is 3.07. The number of rotatable bonds is 7. The molecule has 0 unspecified atom stereocenters. The molecule has 0 spiro atoms. The standard InChI is InChI=1S/C17H26O4/c1-7-13(18)10-15(4,5)16(6)20-11-17(9-3,12-21-16)14(19)8-2/h7-8H,1-2,9-12H2,3-6H3. The molecule has 1 heterocycles. The van der Waals surface area contributed by atoms with Crippen molar-refractivity contribution in [3.05, 3.63) is 25.3 Å². The summed E-state index contributed by atoms with van der Waals surface area (Å²) in [6, 6.07) is 0. The average molecular weight is 294 g/mol. The van der Waals surface area contributed by atoms with Gasteiger partial charge < -0.3 is 9.47 Å². The van der Waals surface area contributed by atoms with E-state index >= 15 is 0 Å². The second kappa shape index (κ2) is 6.24. The van der Waals surface area contributed by atoms with E-state index in [4.69, 9.17) is 9.47 Å². The molecular weight excluding hydrogens is 268 g/mol. The Labute approximate surface area is 127 Å². The van der Waals surface area contributed by atoms with E-state index in [0.717, 1.165) is 0 Å². The fraction of sp³-hybridized carbons (Fsp3) is 0.647. The highest BCUT2D eigenvalue weighted by molar-refractivity contribution is 5.94. The Morgan fingerprint density at radius 1 is 1.19 bits per heavy atom. The second-order valence-electron chi connectivity index (χ2n) is 6.46. The lowest BCUT2D eigenvalue weighted by Crippen LogP contribution is -2.57. The molecule has 1 fully saturated rings. The van der Waals surface area contributed by atoms with Crippen LogP contribution >= 0.6 is 0 Å². The zero-order valence-electron chi connectivity index (χ0n) is 13.5. The van der Waals surface area contributed by atoms with E-state index in [2.05, 4.69) is 13.2 Å². The first-order valence-corrected chi connectivity index (χ1v) is 7.26. The maximum absolute atomic E-state index is 12.1.